The molecule has 0 aliphatic carbocycles. The van der Waals surface area contributed by atoms with Crippen LogP contribution in [0.25, 0.3) is 22.0 Å². The summed E-state index contributed by atoms with van der Waals surface area (Å²) in [7, 11) is 0. The van der Waals surface area contributed by atoms with Gasteiger partial charge in [-0.3, -0.25) is 24.0 Å². The first-order valence-electron chi connectivity index (χ1n) is 22.8. The van der Waals surface area contributed by atoms with Gasteiger partial charge in [-0.2, -0.15) is 0 Å². The van der Waals surface area contributed by atoms with Crippen LogP contribution in [0, 0.1) is 11.8 Å². The molecule has 67 heavy (non-hydrogen) atoms. The maximum Gasteiger partial charge on any atom is 0.318 e. The summed E-state index contributed by atoms with van der Waals surface area (Å²) in [5.41, 5.74) is 23.6. The number of nitrogens with two attached hydrogens (primary N) is 3. The maximum atomic E-state index is 14.6. The highest BCUT2D eigenvalue weighted by molar-refractivity contribution is 5.96. The molecule has 4 aromatic carbocycles. The first-order valence-corrected chi connectivity index (χ1v) is 22.8. The van der Waals surface area contributed by atoms with Crippen LogP contribution in [0.1, 0.15) is 61.4 Å². The molecular weight excluding hydrogens is 847 g/mol. The lowest BCUT2D eigenvalue weighted by Gasteiger charge is -2.27. The molecular formula is C52H61N9O6. The summed E-state index contributed by atoms with van der Waals surface area (Å²) < 4.78 is 0. The number of H-pyrrole nitrogens is 2. The minimum atomic E-state index is -1.09. The monoisotopic (exact) mass is 907 g/mol. The third kappa shape index (κ3) is 14.4. The number of carbonyl (C=O) groups is 6. The lowest BCUT2D eigenvalue weighted by molar-refractivity contribution is -0.133. The number of ketones is 3. The van der Waals surface area contributed by atoms with E-state index in [2.05, 4.69) is 25.6 Å². The van der Waals surface area contributed by atoms with Crippen molar-refractivity contribution in [1.82, 2.24) is 30.5 Å². The predicted octanol–water partition coefficient (Wildman–Crippen LogP) is 5.33. The van der Waals surface area contributed by atoms with Crippen molar-refractivity contribution in [2.75, 3.05) is 13.1 Å². The van der Waals surface area contributed by atoms with Crippen molar-refractivity contribution in [3.05, 3.63) is 150 Å². The number of imidazole rings is 1. The normalized spacial score (nSPS) is 13.5. The van der Waals surface area contributed by atoms with Crippen molar-refractivity contribution in [2.45, 2.75) is 83.0 Å². The van der Waals surface area contributed by atoms with Gasteiger partial charge in [0.1, 0.15) is 0 Å². The van der Waals surface area contributed by atoms with Crippen molar-refractivity contribution < 1.29 is 28.8 Å². The van der Waals surface area contributed by atoms with Gasteiger partial charge in [-0.1, -0.05) is 110 Å². The summed E-state index contributed by atoms with van der Waals surface area (Å²) in [5.74, 6) is -4.05. The number of aromatic nitrogens is 3. The second-order valence-corrected chi connectivity index (χ2v) is 17.2. The number of para-hydroxylation sites is 1. The van der Waals surface area contributed by atoms with Crippen molar-refractivity contribution in [2.24, 2.45) is 29.0 Å². The van der Waals surface area contributed by atoms with Crippen molar-refractivity contribution >= 4 is 46.1 Å². The Balaban J connectivity index is 1.21. The van der Waals surface area contributed by atoms with E-state index in [1.165, 1.54) is 18.2 Å². The molecule has 10 N–H and O–H groups in total. The lowest BCUT2D eigenvalue weighted by Crippen LogP contribution is -2.51. The Bertz CT molecular complexity index is 2560. The van der Waals surface area contributed by atoms with Gasteiger partial charge in [0.2, 0.25) is 11.8 Å². The van der Waals surface area contributed by atoms with E-state index in [1.807, 2.05) is 109 Å². The number of unbranched alkanes of at least 4 members (excludes halogenated alkanes) is 1. The molecule has 6 rings (SSSR count). The number of hydrogen-bond acceptors (Lipinski definition) is 9. The van der Waals surface area contributed by atoms with Crippen LogP contribution in [0.3, 0.4) is 0 Å². The van der Waals surface area contributed by atoms with Crippen LogP contribution in [0.4, 0.5) is 4.79 Å². The largest absolute Gasteiger partial charge is 0.369 e. The van der Waals surface area contributed by atoms with Crippen LogP contribution in [0.5, 0.6) is 0 Å². The lowest BCUT2D eigenvalue weighted by atomic mass is 9.89. The number of Topliss-reactive ketones (excluding diaryl/α,β-unsaturated/α-hetero) is 3. The zero-order chi connectivity index (χ0) is 47.7. The number of urea groups is 1. The molecule has 5 atom stereocenters. The predicted molar refractivity (Wildman–Crippen MR) is 258 cm³/mol. The Morgan fingerprint density at radius 2 is 1.37 bits per heavy atom. The Morgan fingerprint density at radius 1 is 0.701 bits per heavy atom. The van der Waals surface area contributed by atoms with Crippen molar-refractivity contribution in [1.29, 1.82) is 0 Å². The van der Waals surface area contributed by atoms with Gasteiger partial charge in [0, 0.05) is 66.6 Å². The third-order valence-electron chi connectivity index (χ3n) is 12.1. The minimum absolute atomic E-state index is 0.0381. The Kier molecular flexibility index (Phi) is 17.9. The van der Waals surface area contributed by atoms with Crippen LogP contribution in [0.2, 0.25) is 0 Å². The molecule has 0 radical (unpaired) electrons. The van der Waals surface area contributed by atoms with Crippen LogP contribution < -0.4 is 27.8 Å². The number of aromatic amines is 2. The van der Waals surface area contributed by atoms with Crippen LogP contribution in [-0.2, 0) is 49.8 Å². The van der Waals surface area contributed by atoms with E-state index in [-0.39, 0.29) is 51.0 Å². The number of hydrogen-bond donors (Lipinski definition) is 7. The number of rotatable bonds is 26. The molecule has 0 saturated carbocycles. The molecule has 0 aliphatic heterocycles. The van der Waals surface area contributed by atoms with Gasteiger partial charge < -0.3 is 42.7 Å². The van der Waals surface area contributed by atoms with Gasteiger partial charge in [-0.25, -0.2) is 9.78 Å². The molecule has 0 spiro atoms. The Hall–Kier alpha value is -7.23. The van der Waals surface area contributed by atoms with E-state index in [0.29, 0.717) is 31.5 Å². The van der Waals surface area contributed by atoms with Gasteiger partial charge in [-0.05, 0) is 73.0 Å². The second kappa shape index (κ2) is 24.3. The smallest absolute Gasteiger partial charge is 0.318 e. The standard InChI is InChI=1S/C52H61N9O6/c1-34(59-52(67)61(32-49(64)44(54)28-42-30-56-33-58-42)31-36-19-21-38(22-20-36)37-14-6-3-7-15-37)47(62)27-40(25-41-29-57-45-18-9-8-17-43(41)45)51(66)60-46(24-35-12-4-2-5-13-35)48(63)26-39(50(55)65)16-10-11-23-53/h2-9,12-15,17-22,29-30,33-34,39-40,44,46,57H,10-11,16,23-28,31-32,53-54H2,1H3,(H2,55,65)(H,56,58)(H,59,67)(H,60,66)/t34-,39+,40+,44-,46+/m0/s1. The summed E-state index contributed by atoms with van der Waals surface area (Å²) in [6.45, 7) is 1.68. The SMILES string of the molecule is C[C@H](NC(=O)N(CC(=O)[C@@H](N)Cc1cnc[nH]1)Cc1ccc(-c2ccccc2)cc1)C(=O)C[C@@H](Cc1c[nH]c2ccccc12)C(=O)N[C@H](Cc1ccccc1)C(=O)C[C@@H](CCCCN)C(N)=O. The van der Waals surface area contributed by atoms with E-state index in [0.717, 1.165) is 38.7 Å². The fourth-order valence-corrected chi connectivity index (χ4v) is 8.16. The van der Waals surface area contributed by atoms with E-state index >= 15 is 0 Å². The molecule has 15 nitrogen and oxygen atoms in total. The van der Waals surface area contributed by atoms with Crippen LogP contribution in [-0.4, -0.2) is 86.3 Å². The quantitative estimate of drug-likeness (QED) is 0.0347. The maximum absolute atomic E-state index is 14.6. The first kappa shape index (κ1) is 49.2. The zero-order valence-electron chi connectivity index (χ0n) is 37.9. The highest BCUT2D eigenvalue weighted by Crippen LogP contribution is 2.25. The number of primary amides is 1. The zero-order valence-corrected chi connectivity index (χ0v) is 37.9. The van der Waals surface area contributed by atoms with Gasteiger partial charge in [0.25, 0.3) is 0 Å². The molecule has 15 heteroatoms. The molecule has 0 aliphatic rings. The highest BCUT2D eigenvalue weighted by atomic mass is 16.2. The number of nitrogens with zero attached hydrogens (tertiary/aromatic N) is 2. The molecule has 0 bridgehead atoms. The van der Waals surface area contributed by atoms with Crippen molar-refractivity contribution in [3.8, 4) is 11.1 Å². The molecule has 2 aromatic heterocycles. The average Bonchev–Trinajstić information content (AvgIpc) is 4.01. The fourth-order valence-electron chi connectivity index (χ4n) is 8.16. The third-order valence-corrected chi connectivity index (χ3v) is 12.1. The number of nitrogens with one attached hydrogen (secondary N) is 4. The number of amides is 4. The number of fused-ring (bicyclic) bond motifs is 1. The highest BCUT2D eigenvalue weighted by Gasteiger charge is 2.32. The summed E-state index contributed by atoms with van der Waals surface area (Å²) >= 11 is 0. The van der Waals surface area contributed by atoms with Crippen LogP contribution in [0.15, 0.2) is 128 Å². The van der Waals surface area contributed by atoms with Gasteiger partial charge in [0.05, 0.1) is 31.0 Å². The molecule has 6 aromatic rings. The number of benzene rings is 4. The molecule has 0 unspecified atom stereocenters. The number of carbonyl (C=O) groups excluding carboxylic acids is 6. The Labute approximate surface area is 390 Å². The molecule has 350 valence electrons. The minimum Gasteiger partial charge on any atom is -0.369 e. The fraction of sp³-hybridized carbons (Fsp3) is 0.327. The topological polar surface area (TPSA) is 252 Å². The second-order valence-electron chi connectivity index (χ2n) is 17.2. The van der Waals surface area contributed by atoms with E-state index in [1.54, 1.807) is 12.4 Å². The van der Waals surface area contributed by atoms with E-state index < -0.39 is 59.4 Å². The summed E-state index contributed by atoms with van der Waals surface area (Å²) in [5, 5.41) is 6.62. The summed E-state index contributed by atoms with van der Waals surface area (Å²) in [6, 6.07) is 30.6. The summed E-state index contributed by atoms with van der Waals surface area (Å²) in [6.07, 6.45) is 6.55. The molecule has 2 heterocycles. The Morgan fingerprint density at radius 3 is 2.06 bits per heavy atom. The van der Waals surface area contributed by atoms with Gasteiger partial charge in [0.15, 0.2) is 17.3 Å². The van der Waals surface area contributed by atoms with E-state index in [9.17, 15) is 28.8 Å². The molecule has 4 amide bonds. The first-order chi connectivity index (χ1) is 32.4. The average molecular weight is 908 g/mol. The van der Waals surface area contributed by atoms with Gasteiger partial charge >= 0.3 is 6.03 Å². The van der Waals surface area contributed by atoms with E-state index in [4.69, 9.17) is 17.2 Å². The molecule has 0 saturated heterocycles. The van der Waals surface area contributed by atoms with Crippen LogP contribution >= 0.6 is 0 Å². The van der Waals surface area contributed by atoms with Gasteiger partial charge in [-0.15, -0.1) is 0 Å². The summed E-state index contributed by atoms with van der Waals surface area (Å²) in [4.78, 5) is 94.6. The molecule has 0 fully saturated rings. The van der Waals surface area contributed by atoms with Crippen molar-refractivity contribution in [3.63, 3.8) is 0 Å².